The fraction of sp³-hybridized carbons (Fsp3) is 0.333. The summed E-state index contributed by atoms with van der Waals surface area (Å²) in [5, 5.41) is 9.49. The molecule has 11 nitrogen and oxygen atoms in total. The normalized spacial score (nSPS) is 14.9. The molecule has 2 bridgehead atoms. The van der Waals surface area contributed by atoms with Crippen molar-refractivity contribution in [2.45, 2.75) is 39.6 Å². The van der Waals surface area contributed by atoms with Crippen LogP contribution in [0.3, 0.4) is 0 Å². The summed E-state index contributed by atoms with van der Waals surface area (Å²) >= 11 is 0. The van der Waals surface area contributed by atoms with Crippen LogP contribution in [0.25, 0.3) is 0 Å². The van der Waals surface area contributed by atoms with Gasteiger partial charge in [0.15, 0.2) is 0 Å². The summed E-state index contributed by atoms with van der Waals surface area (Å²) in [6, 6.07) is 22.7. The number of aromatic carboxylic acids is 1. The van der Waals surface area contributed by atoms with E-state index in [0.29, 0.717) is 51.5 Å². The standard InChI is InChI=1S/C33H37N7O4.Mo/c1-24-7-3-8-25(34-24)20-39-17-15-38(19-28-11-5-13-30(36-28)32(41)42)16-18-40(22-27-10-4-9-26(21-39)35-27)23-29-12-6-14-31(37-29)33(43)44-2;/h3-14H,15-23H2,1-2H3,(H,41,42);. The van der Waals surface area contributed by atoms with E-state index < -0.39 is 11.9 Å². The van der Waals surface area contributed by atoms with Crippen LogP contribution in [0.15, 0.2) is 72.8 Å². The van der Waals surface area contributed by atoms with E-state index in [0.717, 1.165) is 41.6 Å². The Bertz CT molecular complexity index is 1600. The molecule has 0 unspecified atom stereocenters. The first kappa shape index (κ1) is 34.0. The zero-order valence-electron chi connectivity index (χ0n) is 25.5. The molecule has 5 heterocycles. The molecule has 1 aliphatic rings. The van der Waals surface area contributed by atoms with Crippen LogP contribution < -0.4 is 0 Å². The van der Waals surface area contributed by atoms with Gasteiger partial charge in [0.05, 0.1) is 35.6 Å². The Kier molecular flexibility index (Phi) is 12.4. The first-order chi connectivity index (χ1) is 21.3. The Hall–Kier alpha value is -3.89. The van der Waals surface area contributed by atoms with E-state index in [2.05, 4.69) is 30.7 Å². The quantitative estimate of drug-likeness (QED) is 0.216. The van der Waals surface area contributed by atoms with Gasteiger partial charge in [-0.3, -0.25) is 24.7 Å². The minimum Gasteiger partial charge on any atom is -0.477 e. The van der Waals surface area contributed by atoms with Gasteiger partial charge in [-0.25, -0.2) is 19.6 Å². The SMILES string of the molecule is COC(=O)c1cccc(CN2CCN(Cc3cccc(C(=O)O)n3)CCN(Cc3cccc(C)n3)Cc3cccc(n3)C2)n1.[Mo]. The van der Waals surface area contributed by atoms with E-state index in [1.54, 1.807) is 12.1 Å². The number of fused-ring (bicyclic) bond motifs is 2. The maximum atomic E-state index is 12.1. The van der Waals surface area contributed by atoms with Crippen LogP contribution in [0.4, 0.5) is 0 Å². The monoisotopic (exact) mass is 693 g/mol. The molecule has 0 saturated heterocycles. The van der Waals surface area contributed by atoms with Crippen molar-refractivity contribution in [2.24, 2.45) is 0 Å². The van der Waals surface area contributed by atoms with Crippen molar-refractivity contribution in [3.63, 3.8) is 0 Å². The van der Waals surface area contributed by atoms with Crippen molar-refractivity contribution < 1.29 is 40.5 Å². The molecule has 0 aliphatic carbocycles. The molecule has 0 aromatic carbocycles. The van der Waals surface area contributed by atoms with Crippen molar-refractivity contribution in [1.29, 1.82) is 0 Å². The number of carboxylic acids is 1. The van der Waals surface area contributed by atoms with Crippen molar-refractivity contribution in [3.05, 3.63) is 118 Å². The summed E-state index contributed by atoms with van der Waals surface area (Å²) in [6.45, 7) is 7.83. The van der Waals surface area contributed by atoms with E-state index in [9.17, 15) is 14.7 Å². The summed E-state index contributed by atoms with van der Waals surface area (Å²) in [4.78, 5) is 49.3. The van der Waals surface area contributed by atoms with Gasteiger partial charge < -0.3 is 9.84 Å². The third-order valence-electron chi connectivity index (χ3n) is 7.43. The van der Waals surface area contributed by atoms with Gasteiger partial charge in [0.1, 0.15) is 11.4 Å². The summed E-state index contributed by atoms with van der Waals surface area (Å²) in [7, 11) is 1.35. The number of carbonyl (C=O) groups excluding carboxylic acids is 1. The third-order valence-corrected chi connectivity index (χ3v) is 7.43. The minimum absolute atomic E-state index is 0. The Morgan fingerprint density at radius 3 is 1.69 bits per heavy atom. The largest absolute Gasteiger partial charge is 0.477 e. The molecule has 0 saturated carbocycles. The molecule has 12 heteroatoms. The molecule has 0 fully saturated rings. The molecule has 1 N–H and O–H groups in total. The average molecular weight is 692 g/mol. The molecule has 1 aliphatic heterocycles. The van der Waals surface area contributed by atoms with Gasteiger partial charge >= 0.3 is 11.9 Å². The van der Waals surface area contributed by atoms with Crippen molar-refractivity contribution >= 4 is 11.9 Å². The Balaban J connectivity index is 0.00000461. The maximum Gasteiger partial charge on any atom is 0.356 e. The first-order valence-corrected chi connectivity index (χ1v) is 14.6. The smallest absolute Gasteiger partial charge is 0.356 e. The molecular formula is C33H37MoN7O4. The zero-order chi connectivity index (χ0) is 30.9. The van der Waals surface area contributed by atoms with E-state index >= 15 is 0 Å². The summed E-state index contributed by atoms with van der Waals surface area (Å²) < 4.78 is 4.87. The number of aryl methyl sites for hydroxylation is 1. The molecule has 4 aromatic rings. The number of pyridine rings is 4. The number of hydrogen-bond acceptors (Lipinski definition) is 10. The molecule has 0 radical (unpaired) electrons. The summed E-state index contributed by atoms with van der Waals surface area (Å²) in [5.41, 5.74) is 5.68. The van der Waals surface area contributed by atoms with Crippen molar-refractivity contribution in [3.8, 4) is 0 Å². The first-order valence-electron chi connectivity index (χ1n) is 14.6. The van der Waals surface area contributed by atoms with Gasteiger partial charge in [0.2, 0.25) is 0 Å². The van der Waals surface area contributed by atoms with Crippen LogP contribution in [0.1, 0.15) is 55.1 Å². The predicted molar refractivity (Wildman–Crippen MR) is 163 cm³/mol. The van der Waals surface area contributed by atoms with Gasteiger partial charge in [0.25, 0.3) is 0 Å². The fourth-order valence-electron chi connectivity index (χ4n) is 5.27. The Morgan fingerprint density at radius 2 is 1.13 bits per heavy atom. The number of carbonyl (C=O) groups is 2. The molecule has 234 valence electrons. The molecular weight excluding hydrogens is 654 g/mol. The Labute approximate surface area is 277 Å². The molecule has 4 aromatic heterocycles. The second-order valence-corrected chi connectivity index (χ2v) is 10.9. The number of hydrogen-bond donors (Lipinski definition) is 1. The Morgan fingerprint density at radius 1 is 0.667 bits per heavy atom. The number of aromatic nitrogens is 4. The maximum absolute atomic E-state index is 12.1. The van der Waals surface area contributed by atoms with E-state index in [4.69, 9.17) is 14.7 Å². The summed E-state index contributed by atoms with van der Waals surface area (Å²) in [6.07, 6.45) is 0. The van der Waals surface area contributed by atoms with Crippen molar-refractivity contribution in [2.75, 3.05) is 33.3 Å². The number of rotatable bonds is 8. The van der Waals surface area contributed by atoms with Crippen LogP contribution in [0.2, 0.25) is 0 Å². The fourth-order valence-corrected chi connectivity index (χ4v) is 5.27. The van der Waals surface area contributed by atoms with Gasteiger partial charge in [-0.2, -0.15) is 0 Å². The number of carboxylic acid groups (broad SMARTS) is 1. The van der Waals surface area contributed by atoms with Crippen LogP contribution in [0.5, 0.6) is 0 Å². The van der Waals surface area contributed by atoms with Gasteiger partial charge in [-0.05, 0) is 55.5 Å². The number of ether oxygens (including phenoxy) is 1. The average Bonchev–Trinajstić information content (AvgIpc) is 3.01. The van der Waals surface area contributed by atoms with Gasteiger partial charge in [-0.1, -0.05) is 24.3 Å². The molecule has 45 heavy (non-hydrogen) atoms. The number of methoxy groups -OCH3 is 1. The van der Waals surface area contributed by atoms with E-state index in [1.165, 1.54) is 13.2 Å². The predicted octanol–water partition coefficient (Wildman–Crippen LogP) is 3.58. The van der Waals surface area contributed by atoms with E-state index in [-0.39, 0.29) is 32.5 Å². The van der Waals surface area contributed by atoms with Crippen LogP contribution in [-0.4, -0.2) is 85.0 Å². The molecule has 0 amide bonds. The van der Waals surface area contributed by atoms with Gasteiger partial charge in [0, 0.05) is 85.7 Å². The van der Waals surface area contributed by atoms with Crippen LogP contribution in [-0.2, 0) is 58.5 Å². The topological polar surface area (TPSA) is 125 Å². The number of nitrogens with zero attached hydrogens (tertiary/aromatic N) is 7. The van der Waals surface area contributed by atoms with Crippen molar-refractivity contribution in [1.82, 2.24) is 34.6 Å². The molecule has 5 rings (SSSR count). The van der Waals surface area contributed by atoms with Crippen LogP contribution in [0, 0.1) is 6.92 Å². The second kappa shape index (κ2) is 16.4. The van der Waals surface area contributed by atoms with Crippen LogP contribution >= 0.6 is 0 Å². The van der Waals surface area contributed by atoms with Gasteiger partial charge in [-0.15, -0.1) is 0 Å². The summed E-state index contributed by atoms with van der Waals surface area (Å²) in [5.74, 6) is -1.51. The zero-order valence-corrected chi connectivity index (χ0v) is 27.5. The number of esters is 1. The second-order valence-electron chi connectivity index (χ2n) is 10.9. The molecule has 0 atom stereocenters. The van der Waals surface area contributed by atoms with E-state index in [1.807, 2.05) is 55.5 Å². The third kappa shape index (κ3) is 10.1. The minimum atomic E-state index is -1.04. The molecule has 0 spiro atoms.